The predicted octanol–water partition coefficient (Wildman–Crippen LogP) is 3.51. The number of amides is 2. The van der Waals surface area contributed by atoms with Gasteiger partial charge in [-0.15, -0.1) is 0 Å². The molecule has 2 atom stereocenters. The van der Waals surface area contributed by atoms with Crippen LogP contribution in [0.25, 0.3) is 5.57 Å². The maximum atomic E-state index is 13.7. The van der Waals surface area contributed by atoms with Crippen LogP contribution in [-0.4, -0.2) is 49.9 Å². The van der Waals surface area contributed by atoms with Gasteiger partial charge in [0.2, 0.25) is 11.8 Å². The van der Waals surface area contributed by atoms with Gasteiger partial charge in [0.15, 0.2) is 0 Å². The van der Waals surface area contributed by atoms with E-state index >= 15 is 0 Å². The number of dihydropyridines is 1. The van der Waals surface area contributed by atoms with Crippen LogP contribution in [0.1, 0.15) is 49.8 Å². The van der Waals surface area contributed by atoms with E-state index in [-0.39, 0.29) is 23.8 Å². The van der Waals surface area contributed by atoms with Crippen molar-refractivity contribution in [3.05, 3.63) is 64.6 Å². The van der Waals surface area contributed by atoms with Crippen LogP contribution < -0.4 is 21.3 Å². The van der Waals surface area contributed by atoms with Crippen LogP contribution in [0.3, 0.4) is 0 Å². The van der Waals surface area contributed by atoms with Crippen molar-refractivity contribution in [2.24, 2.45) is 11.3 Å². The zero-order valence-electron chi connectivity index (χ0n) is 22.3. The van der Waals surface area contributed by atoms with Gasteiger partial charge in [-0.25, -0.2) is 0 Å². The van der Waals surface area contributed by atoms with Crippen molar-refractivity contribution >= 4 is 17.4 Å². The standard InChI is InChI=1S/C28H36F3N5O2/c1-17-9-23(36-8-7-27(2,26(36)38)21-5-6-21)13-24(35-17)25(37)34-14-18-10-19(20(15-32-3)16-33-4)12-22(11-18)28(29,30)31/h9-13,15,21,24,32-33,35H,5-8,14,16H2,1-4H3,(H,34,37)/b20-15+/t24?,27-/m0/s1. The Hall–Kier alpha value is -3.27. The van der Waals surface area contributed by atoms with Crippen molar-refractivity contribution in [1.82, 2.24) is 26.2 Å². The first-order valence-corrected chi connectivity index (χ1v) is 12.9. The number of halogens is 3. The number of nitrogens with one attached hydrogen (secondary N) is 4. The summed E-state index contributed by atoms with van der Waals surface area (Å²) in [4.78, 5) is 28.1. The second-order valence-electron chi connectivity index (χ2n) is 10.6. The Morgan fingerprint density at radius 2 is 1.97 bits per heavy atom. The minimum absolute atomic E-state index is 0.0748. The Morgan fingerprint density at radius 3 is 2.61 bits per heavy atom. The molecule has 4 N–H and O–H groups in total. The molecule has 2 heterocycles. The van der Waals surface area contributed by atoms with Crippen LogP contribution in [0.2, 0.25) is 0 Å². The molecule has 0 spiro atoms. The number of rotatable bonds is 9. The molecule has 1 saturated carbocycles. The first-order valence-electron chi connectivity index (χ1n) is 12.9. The highest BCUT2D eigenvalue weighted by Crippen LogP contribution is 2.52. The molecular weight excluding hydrogens is 495 g/mol. The number of hydrogen-bond donors (Lipinski definition) is 4. The molecule has 2 aliphatic heterocycles. The zero-order chi connectivity index (χ0) is 27.7. The molecule has 1 aromatic carbocycles. The molecule has 2 amide bonds. The molecule has 1 aromatic rings. The molecule has 206 valence electrons. The Labute approximate surface area is 221 Å². The van der Waals surface area contributed by atoms with E-state index in [4.69, 9.17) is 0 Å². The summed E-state index contributed by atoms with van der Waals surface area (Å²) in [5, 5.41) is 11.7. The second-order valence-corrected chi connectivity index (χ2v) is 10.6. The molecule has 38 heavy (non-hydrogen) atoms. The summed E-state index contributed by atoms with van der Waals surface area (Å²) in [6, 6.07) is 3.07. The van der Waals surface area contributed by atoms with Crippen molar-refractivity contribution in [2.45, 2.75) is 51.9 Å². The number of nitrogens with zero attached hydrogens (tertiary/aromatic N) is 1. The van der Waals surface area contributed by atoms with E-state index in [2.05, 4.69) is 21.3 Å². The van der Waals surface area contributed by atoms with E-state index in [0.29, 0.717) is 41.4 Å². The zero-order valence-corrected chi connectivity index (χ0v) is 22.3. The third-order valence-electron chi connectivity index (χ3n) is 7.59. The van der Waals surface area contributed by atoms with Gasteiger partial charge in [-0.05, 0) is 86.2 Å². The molecule has 0 aromatic heterocycles. The number of carbonyl (C=O) groups excluding carboxylic acids is 2. The van der Waals surface area contributed by atoms with Crippen molar-refractivity contribution < 1.29 is 22.8 Å². The van der Waals surface area contributed by atoms with Gasteiger partial charge < -0.3 is 26.2 Å². The minimum atomic E-state index is -4.53. The third-order valence-corrected chi connectivity index (χ3v) is 7.59. The molecule has 7 nitrogen and oxygen atoms in total. The molecule has 10 heteroatoms. The normalized spacial score (nSPS) is 24.1. The van der Waals surface area contributed by atoms with Crippen molar-refractivity contribution in [2.75, 3.05) is 27.2 Å². The lowest BCUT2D eigenvalue weighted by Gasteiger charge is -2.28. The lowest BCUT2D eigenvalue weighted by Crippen LogP contribution is -2.45. The summed E-state index contributed by atoms with van der Waals surface area (Å²) in [5.41, 5.74) is 1.71. The van der Waals surface area contributed by atoms with Crippen molar-refractivity contribution in [1.29, 1.82) is 0 Å². The van der Waals surface area contributed by atoms with Gasteiger partial charge in [0.1, 0.15) is 6.04 Å². The summed E-state index contributed by atoms with van der Waals surface area (Å²) in [6.07, 6.45) is 3.65. The quantitative estimate of drug-likeness (QED) is 0.392. The average molecular weight is 532 g/mol. The SMILES string of the molecule is CN/C=C(\CNC)c1cc(CNC(=O)C2C=C(N3CC[C@@](C)(C4CC4)C3=O)C=C(C)N2)cc(C(F)(F)F)c1. The summed E-state index contributed by atoms with van der Waals surface area (Å²) in [6.45, 7) is 4.76. The van der Waals surface area contributed by atoms with Gasteiger partial charge in [0, 0.05) is 44.3 Å². The summed E-state index contributed by atoms with van der Waals surface area (Å²) in [5.74, 6) is 0.145. The van der Waals surface area contributed by atoms with Crippen molar-refractivity contribution in [3.63, 3.8) is 0 Å². The van der Waals surface area contributed by atoms with Crippen LogP contribution in [0.5, 0.6) is 0 Å². The fourth-order valence-corrected chi connectivity index (χ4v) is 5.33. The van der Waals surface area contributed by atoms with E-state index in [0.717, 1.165) is 37.1 Å². The summed E-state index contributed by atoms with van der Waals surface area (Å²) in [7, 11) is 3.40. The molecule has 1 saturated heterocycles. The fourth-order valence-electron chi connectivity index (χ4n) is 5.33. The van der Waals surface area contributed by atoms with E-state index in [1.54, 1.807) is 37.3 Å². The highest BCUT2D eigenvalue weighted by atomic mass is 19.4. The monoisotopic (exact) mass is 531 g/mol. The molecule has 3 aliphatic rings. The van der Waals surface area contributed by atoms with Gasteiger partial charge in [-0.2, -0.15) is 13.2 Å². The van der Waals surface area contributed by atoms with Crippen molar-refractivity contribution in [3.8, 4) is 0 Å². The fraction of sp³-hybridized carbons (Fsp3) is 0.500. The summed E-state index contributed by atoms with van der Waals surface area (Å²) < 4.78 is 41.0. The van der Waals surface area contributed by atoms with Crippen LogP contribution in [-0.2, 0) is 22.3 Å². The molecule has 1 unspecified atom stereocenters. The van der Waals surface area contributed by atoms with Gasteiger partial charge in [-0.1, -0.05) is 6.92 Å². The van der Waals surface area contributed by atoms with Crippen LogP contribution in [0.4, 0.5) is 13.2 Å². The number of allylic oxidation sites excluding steroid dienone is 2. The number of alkyl halides is 3. The number of hydrogen-bond acceptors (Lipinski definition) is 5. The van der Waals surface area contributed by atoms with Crippen LogP contribution in [0, 0.1) is 11.3 Å². The maximum Gasteiger partial charge on any atom is 0.416 e. The lowest BCUT2D eigenvalue weighted by molar-refractivity contribution is -0.137. The first-order chi connectivity index (χ1) is 18.0. The lowest BCUT2D eigenvalue weighted by atomic mass is 9.83. The number of carbonyl (C=O) groups is 2. The minimum Gasteiger partial charge on any atom is -0.394 e. The Balaban J connectivity index is 1.51. The molecule has 4 rings (SSSR count). The topological polar surface area (TPSA) is 85.5 Å². The first kappa shape index (κ1) is 27.8. The number of likely N-dealkylation sites (N-methyl/N-ethyl adjacent to an activating group) is 1. The molecule has 1 aliphatic carbocycles. The second kappa shape index (κ2) is 10.8. The van der Waals surface area contributed by atoms with E-state index < -0.39 is 17.8 Å². The number of benzene rings is 1. The molecular formula is C28H36F3N5O2. The molecule has 0 radical (unpaired) electrons. The predicted molar refractivity (Wildman–Crippen MR) is 140 cm³/mol. The van der Waals surface area contributed by atoms with Crippen LogP contribution >= 0.6 is 0 Å². The molecule has 2 fully saturated rings. The highest BCUT2D eigenvalue weighted by Gasteiger charge is 2.52. The Kier molecular flexibility index (Phi) is 7.92. The molecule has 0 bridgehead atoms. The Morgan fingerprint density at radius 1 is 1.24 bits per heavy atom. The smallest absolute Gasteiger partial charge is 0.394 e. The highest BCUT2D eigenvalue weighted by molar-refractivity contribution is 5.89. The van der Waals surface area contributed by atoms with Gasteiger partial charge >= 0.3 is 6.18 Å². The largest absolute Gasteiger partial charge is 0.416 e. The van der Waals surface area contributed by atoms with Gasteiger partial charge in [-0.3, -0.25) is 9.59 Å². The van der Waals surface area contributed by atoms with Crippen LogP contribution in [0.15, 0.2) is 47.9 Å². The third kappa shape index (κ3) is 5.90. The van der Waals surface area contributed by atoms with E-state index in [1.807, 2.05) is 19.9 Å². The van der Waals surface area contributed by atoms with E-state index in [9.17, 15) is 22.8 Å². The maximum absolute atomic E-state index is 13.7. The Bertz CT molecular complexity index is 1190. The van der Waals surface area contributed by atoms with Gasteiger partial charge in [0.05, 0.1) is 11.0 Å². The van der Waals surface area contributed by atoms with E-state index in [1.165, 1.54) is 0 Å². The summed E-state index contributed by atoms with van der Waals surface area (Å²) >= 11 is 0. The number of likely N-dealkylation sites (tertiary alicyclic amines) is 1. The van der Waals surface area contributed by atoms with Gasteiger partial charge in [0.25, 0.3) is 0 Å². The average Bonchev–Trinajstić information content (AvgIpc) is 3.68.